The molecule has 186 valence electrons. The molecule has 0 unspecified atom stereocenters. The Morgan fingerprint density at radius 2 is 2.08 bits per heavy atom. The summed E-state index contributed by atoms with van der Waals surface area (Å²) in [6.07, 6.45) is 6.30. The number of rotatable bonds is 5. The monoisotopic (exact) mass is 505 g/mol. The molecule has 3 aliphatic rings. The maximum Gasteiger partial charge on any atom is 0.194 e. The zero-order valence-electron chi connectivity index (χ0n) is 20.3. The quantitative estimate of drug-likeness (QED) is 0.517. The van der Waals surface area contributed by atoms with Crippen molar-refractivity contribution in [1.29, 1.82) is 5.26 Å². The number of piperidine rings is 2. The molecule has 2 N–H and O–H groups in total. The van der Waals surface area contributed by atoms with Gasteiger partial charge in [0.25, 0.3) is 0 Å². The van der Waals surface area contributed by atoms with Crippen molar-refractivity contribution in [2.75, 3.05) is 4.90 Å². The van der Waals surface area contributed by atoms with Gasteiger partial charge in [-0.1, -0.05) is 6.07 Å². The predicted molar refractivity (Wildman–Crippen MR) is 135 cm³/mol. The number of benzene rings is 1. The fourth-order valence-corrected chi connectivity index (χ4v) is 6.69. The Morgan fingerprint density at radius 1 is 1.25 bits per heavy atom. The molecule has 2 aromatic heterocycles. The number of fused-ring (bicyclic) bond motifs is 2. The molecule has 0 amide bonds. The fraction of sp³-hybridized carbons (Fsp3) is 0.500. The number of phenols is 1. The molecular weight excluding hydrogens is 477 g/mol. The van der Waals surface area contributed by atoms with Crippen molar-refractivity contribution in [2.45, 2.75) is 81.7 Å². The van der Waals surface area contributed by atoms with Gasteiger partial charge in [0.2, 0.25) is 0 Å². The van der Waals surface area contributed by atoms with Crippen LogP contribution in [0.3, 0.4) is 0 Å². The summed E-state index contributed by atoms with van der Waals surface area (Å²) < 4.78 is 16.0. The van der Waals surface area contributed by atoms with E-state index in [0.717, 1.165) is 38.5 Å². The van der Waals surface area contributed by atoms with Crippen LogP contribution in [0.15, 0.2) is 29.8 Å². The number of alkyl halides is 1. The second-order valence-electron chi connectivity index (χ2n) is 10.8. The lowest BCUT2D eigenvalue weighted by molar-refractivity contribution is 0.000258. The molecule has 0 radical (unpaired) electrons. The minimum atomic E-state index is -1.02. The number of halogens is 1. The number of thiazole rings is 1. The Hall–Kier alpha value is -3.16. The van der Waals surface area contributed by atoms with Crippen LogP contribution in [-0.2, 0) is 0 Å². The van der Waals surface area contributed by atoms with Crippen molar-refractivity contribution >= 4 is 17.2 Å². The van der Waals surface area contributed by atoms with Gasteiger partial charge in [-0.25, -0.2) is 14.4 Å². The third-order valence-electron chi connectivity index (χ3n) is 7.86. The summed E-state index contributed by atoms with van der Waals surface area (Å²) in [5.41, 5.74) is 1.15. The van der Waals surface area contributed by atoms with E-state index in [1.165, 1.54) is 11.3 Å². The van der Waals surface area contributed by atoms with Crippen molar-refractivity contribution in [3.05, 3.63) is 34.8 Å². The van der Waals surface area contributed by atoms with Gasteiger partial charge >= 0.3 is 0 Å². The molecule has 2 bridgehead atoms. The van der Waals surface area contributed by atoms with Crippen LogP contribution in [0.25, 0.3) is 22.6 Å². The van der Waals surface area contributed by atoms with Gasteiger partial charge in [-0.3, -0.25) is 0 Å². The highest BCUT2D eigenvalue weighted by molar-refractivity contribution is 7.10. The lowest BCUT2D eigenvalue weighted by atomic mass is 9.68. The molecule has 4 atom stereocenters. The van der Waals surface area contributed by atoms with Gasteiger partial charge in [0.15, 0.2) is 16.6 Å². The normalized spacial score (nSPS) is 29.5. The van der Waals surface area contributed by atoms with E-state index in [1.54, 1.807) is 23.7 Å². The van der Waals surface area contributed by atoms with Crippen LogP contribution < -0.4 is 10.2 Å². The molecule has 2 aliphatic heterocycles. The van der Waals surface area contributed by atoms with Crippen LogP contribution in [0, 0.1) is 11.3 Å². The molecule has 0 spiro atoms. The minimum absolute atomic E-state index is 0.00320. The molecular formula is C26H28FN7OS. The van der Waals surface area contributed by atoms with E-state index in [4.69, 9.17) is 5.26 Å². The highest BCUT2D eigenvalue weighted by Gasteiger charge is 2.55. The van der Waals surface area contributed by atoms with Crippen LogP contribution in [-0.4, -0.2) is 54.6 Å². The number of anilines is 1. The summed E-state index contributed by atoms with van der Waals surface area (Å²) in [7, 11) is 0. The highest BCUT2D eigenvalue weighted by atomic mass is 32.1. The van der Waals surface area contributed by atoms with E-state index in [9.17, 15) is 5.11 Å². The van der Waals surface area contributed by atoms with Crippen molar-refractivity contribution in [3.63, 3.8) is 0 Å². The van der Waals surface area contributed by atoms with E-state index < -0.39 is 11.7 Å². The SMILES string of the molecule is C[C@@]12CCC[C@@](C)(N1)[C@@H](F)[C@@H](N(c1cnc(-c3ccc(-c4csc(C#N)n4)cc3O)nn1)C1CC1)C2. The summed E-state index contributed by atoms with van der Waals surface area (Å²) in [6.45, 7) is 4.22. The first kappa shape index (κ1) is 23.3. The summed E-state index contributed by atoms with van der Waals surface area (Å²) >= 11 is 1.26. The molecule has 3 fully saturated rings. The van der Waals surface area contributed by atoms with Gasteiger partial charge in [0, 0.05) is 28.1 Å². The molecule has 6 rings (SSSR count). The second-order valence-corrected chi connectivity index (χ2v) is 11.6. The number of nitriles is 1. The third-order valence-corrected chi connectivity index (χ3v) is 8.61. The van der Waals surface area contributed by atoms with Crippen LogP contribution in [0.5, 0.6) is 5.75 Å². The van der Waals surface area contributed by atoms with Gasteiger partial charge < -0.3 is 15.3 Å². The fourth-order valence-electron chi connectivity index (χ4n) is 6.08. The smallest absolute Gasteiger partial charge is 0.194 e. The third kappa shape index (κ3) is 4.00. The van der Waals surface area contributed by atoms with Gasteiger partial charge in [-0.2, -0.15) is 5.26 Å². The first-order chi connectivity index (χ1) is 17.3. The highest BCUT2D eigenvalue weighted by Crippen LogP contribution is 2.46. The molecule has 1 aromatic carbocycles. The van der Waals surface area contributed by atoms with Crippen LogP contribution >= 0.6 is 11.3 Å². The van der Waals surface area contributed by atoms with Gasteiger partial charge in [0.1, 0.15) is 18.0 Å². The molecule has 3 aromatic rings. The molecule has 36 heavy (non-hydrogen) atoms. The number of phenolic OH excluding ortho intramolecular Hbond substituents is 1. The van der Waals surface area contributed by atoms with Gasteiger partial charge in [-0.15, -0.1) is 21.5 Å². The van der Waals surface area contributed by atoms with E-state index >= 15 is 4.39 Å². The lowest BCUT2D eigenvalue weighted by Gasteiger charge is -2.57. The Kier molecular flexibility index (Phi) is 5.46. The number of nitrogens with zero attached hydrogens (tertiary/aromatic N) is 6. The zero-order valence-corrected chi connectivity index (χ0v) is 21.1. The van der Waals surface area contributed by atoms with Crippen molar-refractivity contribution in [2.24, 2.45) is 0 Å². The van der Waals surface area contributed by atoms with E-state index in [2.05, 4.69) is 37.3 Å². The maximum absolute atomic E-state index is 16.0. The summed E-state index contributed by atoms with van der Waals surface area (Å²) in [4.78, 5) is 10.9. The molecule has 10 heteroatoms. The van der Waals surface area contributed by atoms with Crippen molar-refractivity contribution in [1.82, 2.24) is 25.5 Å². The number of hydrogen-bond donors (Lipinski definition) is 2. The first-order valence-electron chi connectivity index (χ1n) is 12.4. The van der Waals surface area contributed by atoms with Gasteiger partial charge in [-0.05, 0) is 64.5 Å². The lowest BCUT2D eigenvalue weighted by Crippen LogP contribution is -2.73. The Balaban J connectivity index is 1.28. The summed E-state index contributed by atoms with van der Waals surface area (Å²) in [6, 6.07) is 7.11. The summed E-state index contributed by atoms with van der Waals surface area (Å²) in [5.74, 6) is 0.889. The van der Waals surface area contributed by atoms with E-state index in [1.807, 2.05) is 19.1 Å². The Morgan fingerprint density at radius 3 is 2.75 bits per heavy atom. The van der Waals surface area contributed by atoms with Crippen LogP contribution in [0.4, 0.5) is 10.2 Å². The first-order valence-corrected chi connectivity index (χ1v) is 13.3. The molecule has 1 saturated carbocycles. The average molecular weight is 506 g/mol. The van der Waals surface area contributed by atoms with Gasteiger partial charge in [0.05, 0.1) is 23.5 Å². The number of aromatic hydroxyl groups is 1. The predicted octanol–water partition coefficient (Wildman–Crippen LogP) is 4.61. The zero-order chi connectivity index (χ0) is 25.1. The topological polar surface area (TPSA) is 111 Å². The average Bonchev–Trinajstić information content (AvgIpc) is 3.57. The molecule has 4 heterocycles. The number of hydrogen-bond acceptors (Lipinski definition) is 9. The molecule has 8 nitrogen and oxygen atoms in total. The molecule has 1 aliphatic carbocycles. The van der Waals surface area contributed by atoms with Crippen molar-refractivity contribution < 1.29 is 9.50 Å². The molecule has 2 saturated heterocycles. The van der Waals surface area contributed by atoms with E-state index in [0.29, 0.717) is 33.5 Å². The second kappa shape index (κ2) is 8.46. The number of nitrogens with one attached hydrogen (secondary N) is 1. The van der Waals surface area contributed by atoms with E-state index in [-0.39, 0.29) is 23.4 Å². The van der Waals surface area contributed by atoms with Crippen LogP contribution in [0.1, 0.15) is 57.4 Å². The number of aromatic nitrogens is 4. The van der Waals surface area contributed by atoms with Crippen molar-refractivity contribution in [3.8, 4) is 34.5 Å². The summed E-state index contributed by atoms with van der Waals surface area (Å²) in [5, 5.41) is 34.2. The minimum Gasteiger partial charge on any atom is -0.507 e. The van der Waals surface area contributed by atoms with Crippen LogP contribution in [0.2, 0.25) is 0 Å². The Labute approximate surface area is 213 Å². The largest absolute Gasteiger partial charge is 0.507 e. The maximum atomic E-state index is 16.0. The Bertz CT molecular complexity index is 1340. The standard InChI is InChI=1S/C26H28FN7OS/c1-25-8-3-9-26(2,33-25)23(27)19(11-25)34(16-5-6-16)21-13-29-24(32-31-21)17-7-4-15(10-20(17)35)18-14-36-22(12-28)30-18/h4,7,10,13-14,16,19,23,33,35H,3,5-6,8-9,11H2,1-2H3/t19-,23-,25-,26+/m0/s1.